The molecule has 0 amide bonds. The van der Waals surface area contributed by atoms with E-state index in [0.717, 1.165) is 12.0 Å². The van der Waals surface area contributed by atoms with E-state index >= 15 is 0 Å². The summed E-state index contributed by atoms with van der Waals surface area (Å²) in [6.45, 7) is 2.40. The van der Waals surface area contributed by atoms with Crippen LogP contribution in [0.25, 0.3) is 17.2 Å². The Morgan fingerprint density at radius 2 is 2.00 bits per heavy atom. The number of aromatic nitrogens is 4. The van der Waals surface area contributed by atoms with Crippen molar-refractivity contribution in [2.24, 2.45) is 5.73 Å². The molecule has 1 aromatic carbocycles. The van der Waals surface area contributed by atoms with E-state index in [0.29, 0.717) is 23.8 Å². The van der Waals surface area contributed by atoms with Gasteiger partial charge < -0.3 is 5.73 Å². The van der Waals surface area contributed by atoms with Crippen LogP contribution >= 0.6 is 0 Å². The first-order valence-electron chi connectivity index (χ1n) is 6.43. The molecule has 0 saturated carbocycles. The van der Waals surface area contributed by atoms with Gasteiger partial charge in [-0.1, -0.05) is 24.3 Å². The SMILES string of the molecule is Cc1cc(=O)n2[nH]c(-c3ccc(CCN)cc3)nc2n1. The molecule has 3 aromatic rings. The summed E-state index contributed by atoms with van der Waals surface area (Å²) >= 11 is 0. The minimum atomic E-state index is -0.161. The van der Waals surface area contributed by atoms with E-state index in [4.69, 9.17) is 5.73 Å². The van der Waals surface area contributed by atoms with Gasteiger partial charge in [-0.05, 0) is 25.5 Å². The number of hydrogen-bond donors (Lipinski definition) is 2. The Morgan fingerprint density at radius 3 is 2.70 bits per heavy atom. The van der Waals surface area contributed by atoms with Crippen molar-refractivity contribution in [3.8, 4) is 11.4 Å². The summed E-state index contributed by atoms with van der Waals surface area (Å²) in [5.41, 5.74) is 8.11. The summed E-state index contributed by atoms with van der Waals surface area (Å²) in [7, 11) is 0. The maximum atomic E-state index is 11.8. The van der Waals surface area contributed by atoms with Crippen LogP contribution in [0.4, 0.5) is 0 Å². The van der Waals surface area contributed by atoms with E-state index in [1.807, 2.05) is 24.3 Å². The van der Waals surface area contributed by atoms with Crippen molar-refractivity contribution < 1.29 is 0 Å². The third kappa shape index (κ3) is 2.21. The molecule has 0 unspecified atom stereocenters. The lowest BCUT2D eigenvalue weighted by Crippen LogP contribution is -2.14. The number of H-pyrrole nitrogens is 1. The lowest BCUT2D eigenvalue weighted by Gasteiger charge is -2.00. The van der Waals surface area contributed by atoms with Crippen molar-refractivity contribution in [1.29, 1.82) is 0 Å². The van der Waals surface area contributed by atoms with E-state index in [1.165, 1.54) is 16.1 Å². The Labute approximate surface area is 115 Å². The Kier molecular flexibility index (Phi) is 3.08. The molecule has 2 heterocycles. The van der Waals surface area contributed by atoms with Crippen LogP contribution in [0, 0.1) is 6.92 Å². The van der Waals surface area contributed by atoms with Crippen LogP contribution in [0.15, 0.2) is 35.1 Å². The fourth-order valence-corrected chi connectivity index (χ4v) is 2.12. The predicted octanol–water partition coefficient (Wildman–Crippen LogP) is 0.894. The molecule has 6 heteroatoms. The zero-order valence-electron chi connectivity index (χ0n) is 11.1. The van der Waals surface area contributed by atoms with E-state index in [2.05, 4.69) is 15.1 Å². The first kappa shape index (κ1) is 12.6. The summed E-state index contributed by atoms with van der Waals surface area (Å²) in [4.78, 5) is 20.4. The highest BCUT2D eigenvalue weighted by atomic mass is 16.1. The highest BCUT2D eigenvalue weighted by Crippen LogP contribution is 2.16. The third-order valence-corrected chi connectivity index (χ3v) is 3.12. The Morgan fingerprint density at radius 1 is 1.25 bits per heavy atom. The van der Waals surface area contributed by atoms with Gasteiger partial charge >= 0.3 is 0 Å². The second kappa shape index (κ2) is 4.90. The van der Waals surface area contributed by atoms with Crippen molar-refractivity contribution >= 4 is 5.78 Å². The monoisotopic (exact) mass is 269 g/mol. The van der Waals surface area contributed by atoms with Crippen LogP contribution in [0.5, 0.6) is 0 Å². The molecule has 0 atom stereocenters. The molecule has 0 radical (unpaired) electrons. The van der Waals surface area contributed by atoms with Gasteiger partial charge in [0, 0.05) is 17.3 Å². The highest BCUT2D eigenvalue weighted by Gasteiger charge is 2.08. The minimum absolute atomic E-state index is 0.161. The van der Waals surface area contributed by atoms with Gasteiger partial charge in [0.25, 0.3) is 11.3 Å². The Balaban J connectivity index is 2.05. The number of nitrogens with two attached hydrogens (primary N) is 1. The van der Waals surface area contributed by atoms with Crippen LogP contribution < -0.4 is 11.3 Å². The molecule has 0 aliphatic heterocycles. The lowest BCUT2D eigenvalue weighted by atomic mass is 10.1. The van der Waals surface area contributed by atoms with E-state index < -0.39 is 0 Å². The van der Waals surface area contributed by atoms with Crippen molar-refractivity contribution in [3.05, 3.63) is 51.9 Å². The number of rotatable bonds is 3. The van der Waals surface area contributed by atoms with Gasteiger partial charge in [0.15, 0.2) is 5.82 Å². The van der Waals surface area contributed by atoms with E-state index in [1.54, 1.807) is 6.92 Å². The molecule has 0 fully saturated rings. The van der Waals surface area contributed by atoms with E-state index in [-0.39, 0.29) is 5.56 Å². The third-order valence-electron chi connectivity index (χ3n) is 3.12. The van der Waals surface area contributed by atoms with Crippen molar-refractivity contribution in [2.75, 3.05) is 6.54 Å². The zero-order chi connectivity index (χ0) is 14.1. The Bertz CT molecular complexity index is 801. The van der Waals surface area contributed by atoms with Gasteiger partial charge in [0.05, 0.1) is 0 Å². The Hall–Kier alpha value is -2.47. The van der Waals surface area contributed by atoms with Gasteiger partial charge in [-0.15, -0.1) is 0 Å². The molecular weight excluding hydrogens is 254 g/mol. The fraction of sp³-hybridized carbons (Fsp3) is 0.214. The molecule has 20 heavy (non-hydrogen) atoms. The van der Waals surface area contributed by atoms with Crippen molar-refractivity contribution in [2.45, 2.75) is 13.3 Å². The predicted molar refractivity (Wildman–Crippen MR) is 76.5 cm³/mol. The lowest BCUT2D eigenvalue weighted by molar-refractivity contribution is 0.892. The van der Waals surface area contributed by atoms with Gasteiger partial charge in [-0.3, -0.25) is 9.89 Å². The van der Waals surface area contributed by atoms with Crippen LogP contribution in [0.2, 0.25) is 0 Å². The summed E-state index contributed by atoms with van der Waals surface area (Å²) < 4.78 is 1.34. The number of nitrogens with one attached hydrogen (secondary N) is 1. The van der Waals surface area contributed by atoms with Crippen LogP contribution in [0.1, 0.15) is 11.3 Å². The molecule has 102 valence electrons. The molecule has 0 spiro atoms. The quantitative estimate of drug-likeness (QED) is 0.739. The second-order valence-electron chi connectivity index (χ2n) is 4.68. The first-order valence-corrected chi connectivity index (χ1v) is 6.43. The number of hydrogen-bond acceptors (Lipinski definition) is 4. The molecule has 0 bridgehead atoms. The van der Waals surface area contributed by atoms with Gasteiger partial charge in [0.1, 0.15) is 0 Å². The largest absolute Gasteiger partial charge is 0.330 e. The second-order valence-corrected chi connectivity index (χ2v) is 4.68. The number of benzene rings is 1. The average molecular weight is 269 g/mol. The fourth-order valence-electron chi connectivity index (χ4n) is 2.12. The van der Waals surface area contributed by atoms with Gasteiger partial charge in [0.2, 0.25) is 0 Å². The number of fused-ring (bicyclic) bond motifs is 1. The topological polar surface area (TPSA) is 89.1 Å². The molecule has 6 nitrogen and oxygen atoms in total. The highest BCUT2D eigenvalue weighted by molar-refractivity contribution is 5.57. The molecule has 0 aliphatic carbocycles. The number of nitrogens with zero attached hydrogens (tertiary/aromatic N) is 3. The zero-order valence-corrected chi connectivity index (χ0v) is 11.1. The molecule has 3 N–H and O–H groups in total. The maximum Gasteiger partial charge on any atom is 0.274 e. The number of aromatic amines is 1. The standard InChI is InChI=1S/C14H15N5O/c1-9-8-12(20)19-14(16-9)17-13(18-19)11-4-2-10(3-5-11)6-7-15/h2-5,8H,6-7,15H2,1H3,(H,16,17,18). The average Bonchev–Trinajstić information content (AvgIpc) is 2.84. The van der Waals surface area contributed by atoms with Gasteiger partial charge in [-0.25, -0.2) is 4.98 Å². The van der Waals surface area contributed by atoms with Crippen LogP contribution in [-0.2, 0) is 6.42 Å². The first-order chi connectivity index (χ1) is 9.67. The smallest absolute Gasteiger partial charge is 0.274 e. The molecule has 0 aliphatic rings. The normalized spacial score (nSPS) is 11.1. The maximum absolute atomic E-state index is 11.8. The minimum Gasteiger partial charge on any atom is -0.330 e. The summed E-state index contributed by atoms with van der Waals surface area (Å²) in [5, 5.41) is 2.96. The summed E-state index contributed by atoms with van der Waals surface area (Å²) in [6.07, 6.45) is 0.848. The van der Waals surface area contributed by atoms with E-state index in [9.17, 15) is 4.79 Å². The molecule has 2 aromatic heterocycles. The van der Waals surface area contributed by atoms with Crippen molar-refractivity contribution in [1.82, 2.24) is 19.6 Å². The molecule has 0 saturated heterocycles. The summed E-state index contributed by atoms with van der Waals surface area (Å²) in [6, 6.07) is 9.41. The molecular formula is C14H15N5O. The summed E-state index contributed by atoms with van der Waals surface area (Å²) in [5.74, 6) is 1.01. The van der Waals surface area contributed by atoms with Gasteiger partial charge in [-0.2, -0.15) is 9.50 Å². The molecule has 3 rings (SSSR count). The van der Waals surface area contributed by atoms with Crippen LogP contribution in [0.3, 0.4) is 0 Å². The van der Waals surface area contributed by atoms with Crippen LogP contribution in [-0.4, -0.2) is 26.1 Å². The number of aryl methyl sites for hydroxylation is 1. The van der Waals surface area contributed by atoms with Crippen molar-refractivity contribution in [3.63, 3.8) is 0 Å².